The summed E-state index contributed by atoms with van der Waals surface area (Å²) in [7, 11) is 1.74. The fourth-order valence-electron chi connectivity index (χ4n) is 4.96. The van der Waals surface area contributed by atoms with Crippen LogP contribution in [0.5, 0.6) is 0 Å². The lowest BCUT2D eigenvalue weighted by molar-refractivity contribution is 0.0595. The first-order valence-corrected chi connectivity index (χ1v) is 13.4. The number of anilines is 2. The molecule has 7 nitrogen and oxygen atoms in total. The molecule has 2 aromatic heterocycles. The van der Waals surface area contributed by atoms with Gasteiger partial charge in [0.05, 0.1) is 29.0 Å². The molecule has 2 atom stereocenters. The molecule has 0 spiro atoms. The first-order chi connectivity index (χ1) is 17.0. The molecule has 1 aliphatic carbocycles. The van der Waals surface area contributed by atoms with Crippen LogP contribution in [0.15, 0.2) is 24.4 Å². The Morgan fingerprint density at radius 2 is 1.89 bits per heavy atom. The van der Waals surface area contributed by atoms with Gasteiger partial charge in [0.15, 0.2) is 0 Å². The average Bonchev–Trinajstić information content (AvgIpc) is 2.87. The fraction of sp³-hybridized carbons (Fsp3) is 0.615. The molecule has 3 N–H and O–H groups in total. The van der Waals surface area contributed by atoms with Crippen molar-refractivity contribution in [1.29, 1.82) is 0 Å². The molecule has 1 saturated carbocycles. The van der Waals surface area contributed by atoms with Gasteiger partial charge in [-0.1, -0.05) is 23.2 Å². The second kappa shape index (κ2) is 13.1. The van der Waals surface area contributed by atoms with Crippen LogP contribution in [0.25, 0.3) is 11.3 Å². The van der Waals surface area contributed by atoms with Crippen molar-refractivity contribution < 1.29 is 9.47 Å². The standard InChI is InChI=1S/C26H37Cl2N5O2/c1-17(15-34-2)31-19-5-7-20(8-6-19)32-25-12-21(23(28)14-30-25)26-22(27)9-10-24(33-26)29-13-18-4-3-11-35-16-18/h9-10,12,14,17-20,31H,3-8,11,13,15-16H2,1-2H3,(H,29,33)(H,30,32)/t17-,18?,19?,20?/m1/s1. The van der Waals surface area contributed by atoms with Crippen molar-refractivity contribution in [3.8, 4) is 11.3 Å². The number of aromatic nitrogens is 2. The summed E-state index contributed by atoms with van der Waals surface area (Å²) >= 11 is 13.1. The van der Waals surface area contributed by atoms with E-state index in [2.05, 4.69) is 27.9 Å². The van der Waals surface area contributed by atoms with Gasteiger partial charge < -0.3 is 25.4 Å². The number of hydrogen-bond acceptors (Lipinski definition) is 7. The Bertz CT molecular complexity index is 949. The summed E-state index contributed by atoms with van der Waals surface area (Å²) in [5, 5.41) is 11.8. The number of methoxy groups -OCH3 is 1. The van der Waals surface area contributed by atoms with E-state index in [1.807, 2.05) is 18.2 Å². The maximum atomic E-state index is 6.55. The van der Waals surface area contributed by atoms with E-state index >= 15 is 0 Å². The highest BCUT2D eigenvalue weighted by Gasteiger charge is 2.23. The largest absolute Gasteiger partial charge is 0.383 e. The summed E-state index contributed by atoms with van der Waals surface area (Å²) in [6, 6.07) is 7.01. The van der Waals surface area contributed by atoms with Crippen LogP contribution >= 0.6 is 23.2 Å². The molecular weight excluding hydrogens is 485 g/mol. The zero-order chi connectivity index (χ0) is 24.6. The molecule has 3 heterocycles. The summed E-state index contributed by atoms with van der Waals surface area (Å²) in [5.74, 6) is 2.08. The lowest BCUT2D eigenvalue weighted by atomic mass is 9.90. The van der Waals surface area contributed by atoms with Gasteiger partial charge in [0.1, 0.15) is 11.6 Å². The molecule has 2 aromatic rings. The van der Waals surface area contributed by atoms with Crippen LogP contribution in [0.1, 0.15) is 45.4 Å². The minimum atomic E-state index is 0.369. The molecule has 0 bridgehead atoms. The first kappa shape index (κ1) is 26.4. The normalized spacial score (nSPS) is 23.6. The highest BCUT2D eigenvalue weighted by Crippen LogP contribution is 2.34. The molecule has 35 heavy (non-hydrogen) atoms. The van der Waals surface area contributed by atoms with Gasteiger partial charge >= 0.3 is 0 Å². The third-order valence-corrected chi connectivity index (χ3v) is 7.41. The lowest BCUT2D eigenvalue weighted by Crippen LogP contribution is -2.42. The zero-order valence-corrected chi connectivity index (χ0v) is 22.2. The third kappa shape index (κ3) is 7.67. The van der Waals surface area contributed by atoms with Crippen LogP contribution in [0, 0.1) is 5.92 Å². The minimum Gasteiger partial charge on any atom is -0.383 e. The lowest BCUT2D eigenvalue weighted by Gasteiger charge is -2.32. The van der Waals surface area contributed by atoms with E-state index in [1.54, 1.807) is 13.3 Å². The summed E-state index contributed by atoms with van der Waals surface area (Å²) in [6.07, 6.45) is 8.37. The first-order valence-electron chi connectivity index (χ1n) is 12.7. The van der Waals surface area contributed by atoms with Crippen LogP contribution in [0.4, 0.5) is 11.6 Å². The van der Waals surface area contributed by atoms with E-state index in [4.69, 9.17) is 37.7 Å². The van der Waals surface area contributed by atoms with Crippen LogP contribution in [-0.4, -0.2) is 61.6 Å². The number of rotatable bonds is 10. The predicted molar refractivity (Wildman–Crippen MR) is 144 cm³/mol. The number of hydrogen-bond donors (Lipinski definition) is 3. The Balaban J connectivity index is 1.38. The van der Waals surface area contributed by atoms with Gasteiger partial charge in [-0.15, -0.1) is 0 Å². The fourth-order valence-corrected chi connectivity index (χ4v) is 5.36. The molecule has 2 fully saturated rings. The van der Waals surface area contributed by atoms with Crippen molar-refractivity contribution in [3.63, 3.8) is 0 Å². The second-order valence-corrected chi connectivity index (χ2v) is 10.6. The molecule has 0 radical (unpaired) electrons. The molecule has 4 rings (SSSR count). The number of halogens is 2. The number of nitrogens with zero attached hydrogens (tertiary/aromatic N) is 2. The summed E-state index contributed by atoms with van der Waals surface area (Å²) in [4.78, 5) is 9.31. The van der Waals surface area contributed by atoms with Gasteiger partial charge in [-0.2, -0.15) is 0 Å². The quantitative estimate of drug-likeness (QED) is 0.373. The molecule has 1 aliphatic heterocycles. The molecule has 0 aromatic carbocycles. The van der Waals surface area contributed by atoms with Gasteiger partial charge in [0.2, 0.25) is 0 Å². The number of pyridine rings is 2. The molecule has 9 heteroatoms. The van der Waals surface area contributed by atoms with E-state index in [9.17, 15) is 0 Å². The molecule has 2 aliphatic rings. The third-order valence-electron chi connectivity index (χ3n) is 6.80. The highest BCUT2D eigenvalue weighted by molar-refractivity contribution is 6.36. The van der Waals surface area contributed by atoms with Crippen molar-refractivity contribution >= 4 is 34.8 Å². The summed E-state index contributed by atoms with van der Waals surface area (Å²) < 4.78 is 10.8. The number of nitrogens with one attached hydrogen (secondary N) is 3. The van der Waals surface area contributed by atoms with Crippen molar-refractivity contribution in [2.75, 3.05) is 44.1 Å². The van der Waals surface area contributed by atoms with E-state index < -0.39 is 0 Å². The van der Waals surface area contributed by atoms with Gasteiger partial charge in [-0.05, 0) is 69.6 Å². The summed E-state index contributed by atoms with van der Waals surface area (Å²) in [5.41, 5.74) is 1.44. The average molecular weight is 523 g/mol. The highest BCUT2D eigenvalue weighted by atomic mass is 35.5. The second-order valence-electron chi connectivity index (χ2n) is 9.76. The Morgan fingerprint density at radius 3 is 2.63 bits per heavy atom. The molecular formula is C26H37Cl2N5O2. The Hall–Kier alpha value is -1.64. The van der Waals surface area contributed by atoms with E-state index in [1.165, 1.54) is 6.42 Å². The summed E-state index contributed by atoms with van der Waals surface area (Å²) in [6.45, 7) is 5.39. The zero-order valence-electron chi connectivity index (χ0n) is 20.7. The number of ether oxygens (including phenoxy) is 2. The molecule has 192 valence electrons. The maximum Gasteiger partial charge on any atom is 0.126 e. The van der Waals surface area contributed by atoms with Crippen molar-refractivity contribution in [3.05, 3.63) is 34.4 Å². The van der Waals surface area contributed by atoms with Gasteiger partial charge in [0, 0.05) is 50.1 Å². The monoisotopic (exact) mass is 521 g/mol. The topological polar surface area (TPSA) is 80.3 Å². The van der Waals surface area contributed by atoms with E-state index in [-0.39, 0.29) is 0 Å². The van der Waals surface area contributed by atoms with E-state index in [0.717, 1.165) is 75.7 Å². The minimum absolute atomic E-state index is 0.369. The smallest absolute Gasteiger partial charge is 0.126 e. The van der Waals surface area contributed by atoms with Crippen molar-refractivity contribution in [2.24, 2.45) is 5.92 Å². The Labute approximate surface area is 218 Å². The SMILES string of the molecule is COC[C@@H](C)NC1CCC(Nc2cc(-c3nc(NCC4CCCOC4)ccc3Cl)c(Cl)cn2)CC1. The van der Waals surface area contributed by atoms with Gasteiger partial charge in [-0.25, -0.2) is 9.97 Å². The molecule has 0 amide bonds. The van der Waals surface area contributed by atoms with Crippen LogP contribution in [-0.2, 0) is 9.47 Å². The molecule has 1 unspecified atom stereocenters. The van der Waals surface area contributed by atoms with Gasteiger partial charge in [-0.3, -0.25) is 0 Å². The predicted octanol–water partition coefficient (Wildman–Crippen LogP) is 5.64. The Morgan fingerprint density at radius 1 is 1.09 bits per heavy atom. The van der Waals surface area contributed by atoms with Crippen LogP contribution in [0.2, 0.25) is 10.0 Å². The van der Waals surface area contributed by atoms with Crippen LogP contribution < -0.4 is 16.0 Å². The van der Waals surface area contributed by atoms with Crippen LogP contribution in [0.3, 0.4) is 0 Å². The molecule has 1 saturated heterocycles. The van der Waals surface area contributed by atoms with Gasteiger partial charge in [0.25, 0.3) is 0 Å². The van der Waals surface area contributed by atoms with E-state index in [0.29, 0.717) is 39.8 Å². The van der Waals surface area contributed by atoms with Crippen molar-refractivity contribution in [1.82, 2.24) is 15.3 Å². The van der Waals surface area contributed by atoms with Crippen molar-refractivity contribution in [2.45, 2.75) is 63.6 Å². The maximum absolute atomic E-state index is 6.55. The Kier molecular flexibility index (Phi) is 9.86.